The van der Waals surface area contributed by atoms with Crippen molar-refractivity contribution in [2.75, 3.05) is 13.2 Å². The molecule has 0 amide bonds. The summed E-state index contributed by atoms with van der Waals surface area (Å²) in [6, 6.07) is 16.9. The van der Waals surface area contributed by atoms with E-state index in [2.05, 4.69) is 25.8 Å². The Bertz CT molecular complexity index is 943. The Hall–Kier alpha value is -2.90. The average Bonchev–Trinajstić information content (AvgIpc) is 3.32. The Kier molecular flexibility index (Phi) is 5.27. The van der Waals surface area contributed by atoms with Crippen molar-refractivity contribution in [2.45, 2.75) is 18.5 Å². The van der Waals surface area contributed by atoms with Gasteiger partial charge in [0.1, 0.15) is 5.75 Å². The molecule has 0 aliphatic carbocycles. The van der Waals surface area contributed by atoms with Crippen molar-refractivity contribution in [3.8, 4) is 11.4 Å². The number of aliphatic hydroxyl groups excluding tert-OH is 1. The summed E-state index contributed by atoms with van der Waals surface area (Å²) < 4.78 is 2.10. The highest BCUT2D eigenvalue weighted by Crippen LogP contribution is 2.39. The third kappa shape index (κ3) is 3.46. The first-order valence-electron chi connectivity index (χ1n) is 9.24. The number of nitrogens with zero attached hydrogens (tertiary/aromatic N) is 3. The molecule has 1 fully saturated rings. The van der Waals surface area contributed by atoms with Gasteiger partial charge in [-0.05, 0) is 67.2 Å². The number of hydrogen-bond donors (Lipinski definition) is 3. The van der Waals surface area contributed by atoms with E-state index in [1.165, 1.54) is 0 Å². The normalized spacial score (nSPS) is 19.0. The third-order valence-electron chi connectivity index (χ3n) is 4.97. The molecular formula is C21H22N4O2S. The van der Waals surface area contributed by atoms with Crippen molar-refractivity contribution in [3.63, 3.8) is 0 Å². The molecule has 1 aliphatic rings. The molecule has 28 heavy (non-hydrogen) atoms. The zero-order valence-corrected chi connectivity index (χ0v) is 16.1. The van der Waals surface area contributed by atoms with Crippen LogP contribution < -0.4 is 5.32 Å². The van der Waals surface area contributed by atoms with Crippen molar-refractivity contribution < 1.29 is 10.2 Å². The van der Waals surface area contributed by atoms with E-state index in [9.17, 15) is 10.2 Å². The molecule has 6 nitrogen and oxygen atoms in total. The van der Waals surface area contributed by atoms with E-state index in [0.29, 0.717) is 18.1 Å². The summed E-state index contributed by atoms with van der Waals surface area (Å²) in [5.41, 5.74) is 2.93. The summed E-state index contributed by atoms with van der Waals surface area (Å²) in [5, 5.41) is 23.0. The lowest BCUT2D eigenvalue weighted by molar-refractivity contribution is 0.245. The smallest absolute Gasteiger partial charge is 0.170 e. The minimum absolute atomic E-state index is 0.0715. The zero-order chi connectivity index (χ0) is 19.5. The summed E-state index contributed by atoms with van der Waals surface area (Å²) >= 11 is 5.62. The van der Waals surface area contributed by atoms with E-state index in [4.69, 9.17) is 12.2 Å². The Morgan fingerprint density at radius 2 is 1.89 bits per heavy atom. The molecule has 0 radical (unpaired) electrons. The van der Waals surface area contributed by atoms with Crippen LogP contribution in [-0.4, -0.2) is 42.9 Å². The minimum atomic E-state index is -0.0989. The predicted octanol–water partition coefficient (Wildman–Crippen LogP) is 2.93. The lowest BCUT2D eigenvalue weighted by Gasteiger charge is -2.28. The van der Waals surface area contributed by atoms with Crippen molar-refractivity contribution in [1.82, 2.24) is 19.8 Å². The second-order valence-corrected chi connectivity index (χ2v) is 7.10. The van der Waals surface area contributed by atoms with Gasteiger partial charge in [0.2, 0.25) is 0 Å². The highest BCUT2D eigenvalue weighted by atomic mass is 32.1. The molecule has 7 heteroatoms. The quantitative estimate of drug-likeness (QED) is 0.559. The van der Waals surface area contributed by atoms with Crippen LogP contribution in [0.25, 0.3) is 5.69 Å². The molecule has 144 valence electrons. The number of nitrogens with one attached hydrogen (secondary N) is 1. The average molecular weight is 395 g/mol. The number of rotatable bonds is 6. The van der Waals surface area contributed by atoms with Gasteiger partial charge >= 0.3 is 0 Å². The molecule has 3 aromatic rings. The van der Waals surface area contributed by atoms with Crippen LogP contribution in [-0.2, 0) is 0 Å². The number of aromatic nitrogens is 2. The number of benzene rings is 1. The second-order valence-electron chi connectivity index (χ2n) is 6.72. The molecule has 0 spiro atoms. The predicted molar refractivity (Wildman–Crippen MR) is 111 cm³/mol. The van der Waals surface area contributed by atoms with Crippen LogP contribution >= 0.6 is 12.2 Å². The first kappa shape index (κ1) is 18.5. The standard InChI is InChI=1S/C21H22N4O2S/c26-14-4-13-25-20(19(23-21(25)28)17-5-1-2-11-22-17)18-6-3-12-24(18)15-7-9-16(27)10-8-15/h1-3,5-12,19-20,26-27H,4,13-14H2,(H,23,28)/t19-,20-/m1/s1. The Morgan fingerprint density at radius 1 is 1.07 bits per heavy atom. The molecule has 2 aromatic heterocycles. The highest BCUT2D eigenvalue weighted by molar-refractivity contribution is 7.80. The molecule has 0 saturated carbocycles. The molecule has 0 bridgehead atoms. The van der Waals surface area contributed by atoms with Crippen LogP contribution in [0, 0.1) is 0 Å². The Labute approximate surface area is 169 Å². The van der Waals surface area contributed by atoms with Crippen molar-refractivity contribution in [1.29, 1.82) is 0 Å². The van der Waals surface area contributed by atoms with E-state index >= 15 is 0 Å². The summed E-state index contributed by atoms with van der Waals surface area (Å²) in [5.74, 6) is 0.233. The fraction of sp³-hybridized carbons (Fsp3) is 0.238. The Balaban J connectivity index is 1.78. The van der Waals surface area contributed by atoms with Gasteiger partial charge in [0.25, 0.3) is 0 Å². The van der Waals surface area contributed by atoms with Gasteiger partial charge in [-0.1, -0.05) is 6.07 Å². The highest BCUT2D eigenvalue weighted by Gasteiger charge is 2.40. The molecule has 4 rings (SSSR count). The molecule has 1 saturated heterocycles. The first-order valence-corrected chi connectivity index (χ1v) is 9.65. The fourth-order valence-electron chi connectivity index (χ4n) is 3.69. The van der Waals surface area contributed by atoms with Gasteiger partial charge in [0.05, 0.1) is 17.8 Å². The third-order valence-corrected chi connectivity index (χ3v) is 5.32. The van der Waals surface area contributed by atoms with E-state index in [0.717, 1.165) is 17.1 Å². The molecule has 3 N–H and O–H groups in total. The number of aliphatic hydroxyl groups is 1. The van der Waals surface area contributed by atoms with Crippen molar-refractivity contribution >= 4 is 17.3 Å². The van der Waals surface area contributed by atoms with Gasteiger partial charge in [-0.15, -0.1) is 0 Å². The monoisotopic (exact) mass is 394 g/mol. The fourth-order valence-corrected chi connectivity index (χ4v) is 4.02. The summed E-state index contributed by atoms with van der Waals surface area (Å²) in [4.78, 5) is 6.67. The van der Waals surface area contributed by atoms with Crippen LogP contribution in [0.3, 0.4) is 0 Å². The SMILES string of the molecule is OCCCN1C(=S)N[C@H](c2ccccn2)[C@H]1c1cccn1-c1ccc(O)cc1. The molecule has 1 aromatic carbocycles. The van der Waals surface area contributed by atoms with E-state index in [1.54, 1.807) is 18.3 Å². The van der Waals surface area contributed by atoms with Crippen LogP contribution in [0.15, 0.2) is 67.0 Å². The van der Waals surface area contributed by atoms with E-state index in [-0.39, 0.29) is 24.4 Å². The van der Waals surface area contributed by atoms with Crippen LogP contribution in [0.2, 0.25) is 0 Å². The number of thiocarbonyl (C=S) groups is 1. The van der Waals surface area contributed by atoms with E-state index in [1.807, 2.05) is 42.6 Å². The summed E-state index contributed by atoms with van der Waals surface area (Å²) in [6.45, 7) is 0.760. The number of aromatic hydroxyl groups is 1. The lowest BCUT2D eigenvalue weighted by Crippen LogP contribution is -2.31. The van der Waals surface area contributed by atoms with Crippen LogP contribution in [0.5, 0.6) is 5.75 Å². The maximum atomic E-state index is 9.62. The van der Waals surface area contributed by atoms with Gasteiger partial charge in [-0.25, -0.2) is 0 Å². The van der Waals surface area contributed by atoms with E-state index < -0.39 is 0 Å². The zero-order valence-electron chi connectivity index (χ0n) is 15.3. The first-order chi connectivity index (χ1) is 13.7. The van der Waals surface area contributed by atoms with Gasteiger partial charge in [-0.3, -0.25) is 4.98 Å². The topological polar surface area (TPSA) is 73.5 Å². The van der Waals surface area contributed by atoms with Gasteiger partial charge in [0.15, 0.2) is 5.11 Å². The van der Waals surface area contributed by atoms with Crippen LogP contribution in [0.4, 0.5) is 0 Å². The largest absolute Gasteiger partial charge is 0.508 e. The van der Waals surface area contributed by atoms with Gasteiger partial charge < -0.3 is 25.0 Å². The molecule has 2 atom stereocenters. The maximum Gasteiger partial charge on any atom is 0.170 e. The molecule has 0 unspecified atom stereocenters. The molecule has 3 heterocycles. The van der Waals surface area contributed by atoms with Gasteiger partial charge in [-0.2, -0.15) is 0 Å². The van der Waals surface area contributed by atoms with Gasteiger partial charge in [0, 0.05) is 36.9 Å². The lowest BCUT2D eigenvalue weighted by atomic mass is 10.0. The minimum Gasteiger partial charge on any atom is -0.508 e. The molecule has 1 aliphatic heterocycles. The van der Waals surface area contributed by atoms with Crippen molar-refractivity contribution in [3.05, 3.63) is 78.4 Å². The number of hydrogen-bond acceptors (Lipinski definition) is 4. The second kappa shape index (κ2) is 8.00. The number of phenolic OH excluding ortho intramolecular Hbond substituents is 1. The molecular weight excluding hydrogens is 372 g/mol. The van der Waals surface area contributed by atoms with Crippen molar-refractivity contribution in [2.24, 2.45) is 0 Å². The number of phenols is 1. The maximum absolute atomic E-state index is 9.62. The number of pyridine rings is 1. The summed E-state index contributed by atoms with van der Waals surface area (Å²) in [7, 11) is 0. The summed E-state index contributed by atoms with van der Waals surface area (Å²) in [6.07, 6.45) is 4.42. The van der Waals surface area contributed by atoms with Crippen LogP contribution in [0.1, 0.15) is 29.9 Å². The Morgan fingerprint density at radius 3 is 2.61 bits per heavy atom.